The van der Waals surface area contributed by atoms with Crippen molar-refractivity contribution < 1.29 is 29.0 Å². The number of rotatable bonds is 7. The number of nitrogens with zero attached hydrogens (tertiary/aromatic N) is 2. The van der Waals surface area contributed by atoms with Crippen molar-refractivity contribution >= 4 is 39.1 Å². The number of hydroxylamine groups is 1. The first-order valence-corrected chi connectivity index (χ1v) is 12.5. The highest BCUT2D eigenvalue weighted by Crippen LogP contribution is 2.50. The van der Waals surface area contributed by atoms with E-state index in [1.807, 2.05) is 44.2 Å². The number of anilines is 2. The number of ether oxygens (including phenoxy) is 2. The maximum absolute atomic E-state index is 13.9. The molecule has 2 saturated heterocycles. The van der Waals surface area contributed by atoms with Gasteiger partial charge in [-0.05, 0) is 71.7 Å². The van der Waals surface area contributed by atoms with E-state index in [-0.39, 0.29) is 17.4 Å². The molecule has 2 aliphatic rings. The van der Waals surface area contributed by atoms with Crippen molar-refractivity contribution in [3.8, 4) is 17.2 Å². The van der Waals surface area contributed by atoms with Crippen LogP contribution in [0.1, 0.15) is 25.5 Å². The maximum Gasteiger partial charge on any atom is 0.266 e. The summed E-state index contributed by atoms with van der Waals surface area (Å²) < 4.78 is 11.6. The molecular weight excluding hydrogens is 528 g/mol. The normalized spacial score (nSPS) is 21.1. The summed E-state index contributed by atoms with van der Waals surface area (Å²) in [5, 5.41) is 12.1. The van der Waals surface area contributed by atoms with Gasteiger partial charge in [0, 0.05) is 6.07 Å². The fourth-order valence-electron chi connectivity index (χ4n) is 4.72. The predicted octanol–water partition coefficient (Wildman–Crippen LogP) is 5.00. The van der Waals surface area contributed by atoms with E-state index in [2.05, 4.69) is 15.9 Å². The van der Waals surface area contributed by atoms with Crippen molar-refractivity contribution in [2.45, 2.75) is 26.0 Å². The number of fused-ring (bicyclic) bond motifs is 1. The molecular formula is C27H25BrN2O6. The largest absolute Gasteiger partial charge is 0.503 e. The third-order valence-electron chi connectivity index (χ3n) is 6.21. The van der Waals surface area contributed by atoms with Crippen molar-refractivity contribution in [1.29, 1.82) is 0 Å². The van der Waals surface area contributed by atoms with Gasteiger partial charge in [0.1, 0.15) is 11.7 Å². The van der Waals surface area contributed by atoms with Crippen LogP contribution in [0, 0.1) is 5.92 Å². The second kappa shape index (κ2) is 9.83. The zero-order chi connectivity index (χ0) is 25.4. The summed E-state index contributed by atoms with van der Waals surface area (Å²) in [5.74, 6) is -0.824. The molecule has 3 unspecified atom stereocenters. The topological polar surface area (TPSA) is 88.5 Å². The zero-order valence-corrected chi connectivity index (χ0v) is 21.3. The highest BCUT2D eigenvalue weighted by atomic mass is 79.9. The number of carbonyl (C=O) groups excluding carboxylic acids is 2. The van der Waals surface area contributed by atoms with Crippen molar-refractivity contribution in [1.82, 2.24) is 0 Å². The van der Waals surface area contributed by atoms with Gasteiger partial charge in [0.15, 0.2) is 17.6 Å². The van der Waals surface area contributed by atoms with Gasteiger partial charge < -0.3 is 14.6 Å². The molecule has 36 heavy (non-hydrogen) atoms. The number of phenolic OH excluding ortho intramolecular Hbond substituents is 1. The van der Waals surface area contributed by atoms with Crippen LogP contribution in [0.4, 0.5) is 11.4 Å². The first kappa shape index (κ1) is 24.1. The Balaban J connectivity index is 1.60. The van der Waals surface area contributed by atoms with Gasteiger partial charge >= 0.3 is 0 Å². The van der Waals surface area contributed by atoms with E-state index in [0.717, 1.165) is 0 Å². The van der Waals surface area contributed by atoms with Gasteiger partial charge in [-0.3, -0.25) is 14.4 Å². The molecule has 3 atom stereocenters. The smallest absolute Gasteiger partial charge is 0.266 e. The number of aromatic hydroxyl groups is 1. The standard InChI is InChI=1S/C27H25BrN2O6/c1-3-34-19-12-8-11-18(15-19)29-26(32)22-23(16-13-20(28)24(31)21(14-16)35-4-2)30(36-25(22)27(29)33)17-9-6-5-7-10-17/h5-15,22-23,25,31H,3-4H2,1-2H3. The Morgan fingerprint density at radius 3 is 2.36 bits per heavy atom. The molecule has 186 valence electrons. The number of amides is 2. The second-order valence-electron chi connectivity index (χ2n) is 8.38. The van der Waals surface area contributed by atoms with E-state index in [4.69, 9.17) is 14.3 Å². The second-order valence-corrected chi connectivity index (χ2v) is 9.24. The SMILES string of the molecule is CCOc1cccc(N2C(=O)C3ON(c4ccccc4)C(c4cc(Br)c(O)c(OCC)c4)C3C2=O)c1. The van der Waals surface area contributed by atoms with Crippen LogP contribution in [0.2, 0.25) is 0 Å². The molecule has 8 nitrogen and oxygen atoms in total. The van der Waals surface area contributed by atoms with E-state index >= 15 is 0 Å². The number of carbonyl (C=O) groups is 2. The molecule has 3 aromatic carbocycles. The molecule has 0 radical (unpaired) electrons. The molecule has 0 spiro atoms. The van der Waals surface area contributed by atoms with Crippen LogP contribution >= 0.6 is 15.9 Å². The summed E-state index contributed by atoms with van der Waals surface area (Å²) >= 11 is 3.40. The Labute approximate surface area is 217 Å². The third kappa shape index (κ3) is 4.08. The van der Waals surface area contributed by atoms with Crippen LogP contribution in [-0.4, -0.2) is 36.2 Å². The monoisotopic (exact) mass is 552 g/mol. The molecule has 0 saturated carbocycles. The molecule has 1 N–H and O–H groups in total. The fraction of sp³-hybridized carbons (Fsp3) is 0.259. The number of hydrogen-bond donors (Lipinski definition) is 1. The quantitative estimate of drug-likeness (QED) is 0.412. The number of phenols is 1. The highest BCUT2D eigenvalue weighted by Gasteiger charge is 2.60. The Hall–Kier alpha value is -3.56. The molecule has 2 fully saturated rings. The van der Waals surface area contributed by atoms with Gasteiger partial charge in [0.2, 0.25) is 5.91 Å². The minimum atomic E-state index is -1.01. The number of benzene rings is 3. The average Bonchev–Trinajstić information content (AvgIpc) is 3.39. The summed E-state index contributed by atoms with van der Waals surface area (Å²) in [5.41, 5.74) is 1.79. The van der Waals surface area contributed by atoms with Gasteiger partial charge in [-0.2, -0.15) is 0 Å². The van der Waals surface area contributed by atoms with Crippen molar-refractivity contribution in [2.24, 2.45) is 5.92 Å². The first-order chi connectivity index (χ1) is 17.4. The van der Waals surface area contributed by atoms with Crippen LogP contribution in [-0.2, 0) is 14.4 Å². The van der Waals surface area contributed by atoms with Gasteiger partial charge in [0.25, 0.3) is 5.91 Å². The Morgan fingerprint density at radius 1 is 0.917 bits per heavy atom. The van der Waals surface area contributed by atoms with Crippen LogP contribution in [0.3, 0.4) is 0 Å². The summed E-state index contributed by atoms with van der Waals surface area (Å²) in [6, 6.07) is 19.0. The minimum Gasteiger partial charge on any atom is -0.503 e. The lowest BCUT2D eigenvalue weighted by Gasteiger charge is -2.29. The van der Waals surface area contributed by atoms with E-state index in [9.17, 15) is 14.7 Å². The summed E-state index contributed by atoms with van der Waals surface area (Å²) in [6.45, 7) is 4.50. The van der Waals surface area contributed by atoms with Crippen LogP contribution < -0.4 is 19.4 Å². The molecule has 9 heteroatoms. The molecule has 0 aromatic heterocycles. The van der Waals surface area contributed by atoms with Gasteiger partial charge in [0.05, 0.1) is 35.1 Å². The lowest BCUT2D eigenvalue weighted by Crippen LogP contribution is -2.37. The van der Waals surface area contributed by atoms with Crippen molar-refractivity contribution in [3.63, 3.8) is 0 Å². The number of halogens is 1. The number of imide groups is 1. The molecule has 2 aliphatic heterocycles. The Bertz CT molecular complexity index is 1300. The number of para-hydroxylation sites is 1. The average molecular weight is 553 g/mol. The van der Waals surface area contributed by atoms with E-state index in [0.29, 0.717) is 40.4 Å². The molecule has 0 bridgehead atoms. The Kier molecular flexibility index (Phi) is 6.59. The minimum absolute atomic E-state index is 0.0366. The molecule has 3 aromatic rings. The van der Waals surface area contributed by atoms with Crippen molar-refractivity contribution in [3.05, 3.63) is 76.8 Å². The lowest BCUT2D eigenvalue weighted by molar-refractivity contribution is -0.126. The van der Waals surface area contributed by atoms with E-state index in [1.54, 1.807) is 41.5 Å². The number of hydrogen-bond acceptors (Lipinski definition) is 7. The molecule has 0 aliphatic carbocycles. The summed E-state index contributed by atoms with van der Waals surface area (Å²) in [6.07, 6.45) is -1.01. The van der Waals surface area contributed by atoms with Gasteiger partial charge in [-0.25, -0.2) is 9.96 Å². The molecule has 2 amide bonds. The van der Waals surface area contributed by atoms with Crippen LogP contribution in [0.15, 0.2) is 71.2 Å². The fourth-order valence-corrected chi connectivity index (χ4v) is 5.18. The van der Waals surface area contributed by atoms with Gasteiger partial charge in [-0.1, -0.05) is 24.3 Å². The summed E-state index contributed by atoms with van der Waals surface area (Å²) in [4.78, 5) is 34.8. The third-order valence-corrected chi connectivity index (χ3v) is 6.81. The van der Waals surface area contributed by atoms with E-state index in [1.165, 1.54) is 4.90 Å². The Morgan fingerprint density at radius 2 is 1.64 bits per heavy atom. The highest BCUT2D eigenvalue weighted by molar-refractivity contribution is 9.10. The van der Waals surface area contributed by atoms with E-state index < -0.39 is 24.0 Å². The molecule has 2 heterocycles. The molecule has 5 rings (SSSR count). The maximum atomic E-state index is 13.9. The zero-order valence-electron chi connectivity index (χ0n) is 19.8. The first-order valence-electron chi connectivity index (χ1n) is 11.7. The predicted molar refractivity (Wildman–Crippen MR) is 137 cm³/mol. The van der Waals surface area contributed by atoms with Crippen LogP contribution in [0.5, 0.6) is 17.2 Å². The van der Waals surface area contributed by atoms with Gasteiger partial charge in [-0.15, -0.1) is 0 Å². The summed E-state index contributed by atoms with van der Waals surface area (Å²) in [7, 11) is 0. The lowest BCUT2D eigenvalue weighted by atomic mass is 9.90. The van der Waals surface area contributed by atoms with Crippen molar-refractivity contribution in [2.75, 3.05) is 23.2 Å². The van der Waals surface area contributed by atoms with Crippen LogP contribution in [0.25, 0.3) is 0 Å².